The Balaban J connectivity index is 1.61. The van der Waals surface area contributed by atoms with E-state index >= 15 is 0 Å². The van der Waals surface area contributed by atoms with Crippen LogP contribution in [0, 0.1) is 0 Å². The predicted molar refractivity (Wildman–Crippen MR) is 95.9 cm³/mol. The zero-order valence-corrected chi connectivity index (χ0v) is 14.7. The van der Waals surface area contributed by atoms with E-state index in [4.69, 9.17) is 0 Å². The minimum Gasteiger partial charge on any atom is -0.328 e. The fourth-order valence-electron chi connectivity index (χ4n) is 3.43. The zero-order chi connectivity index (χ0) is 17.6. The Morgan fingerprint density at radius 2 is 2.08 bits per heavy atom. The molecule has 0 atom stereocenters. The number of aryl methyl sites for hydroxylation is 1. The normalized spacial score (nSPS) is 13.7. The number of aromatic nitrogens is 3. The van der Waals surface area contributed by atoms with E-state index in [1.165, 1.54) is 5.56 Å². The van der Waals surface area contributed by atoms with Gasteiger partial charge in [0.15, 0.2) is 0 Å². The van der Waals surface area contributed by atoms with Crippen molar-refractivity contribution in [2.24, 2.45) is 7.05 Å². The number of rotatable bonds is 3. The molecule has 0 bridgehead atoms. The van der Waals surface area contributed by atoms with Crippen molar-refractivity contribution in [1.82, 2.24) is 24.6 Å². The van der Waals surface area contributed by atoms with Gasteiger partial charge in [-0.15, -0.1) is 0 Å². The molecule has 3 heterocycles. The zero-order valence-electron chi connectivity index (χ0n) is 14.7. The number of carbonyl (C=O) groups excluding carboxylic acids is 1. The van der Waals surface area contributed by atoms with Crippen LogP contribution in [0.2, 0.25) is 0 Å². The van der Waals surface area contributed by atoms with Crippen LogP contribution in [0.5, 0.6) is 0 Å². The SMILES string of the molecule is CN(C)Cc1nn(C)c2c1CN(C(=O)c1ccc3ncccc3c1)C2. The molecule has 2 aromatic heterocycles. The van der Waals surface area contributed by atoms with Crippen molar-refractivity contribution in [3.63, 3.8) is 0 Å². The number of hydrogen-bond donors (Lipinski definition) is 0. The van der Waals surface area contributed by atoms with Gasteiger partial charge in [0.25, 0.3) is 5.91 Å². The molecule has 0 aliphatic carbocycles. The van der Waals surface area contributed by atoms with E-state index in [0.717, 1.165) is 28.8 Å². The molecule has 0 radical (unpaired) electrons. The van der Waals surface area contributed by atoms with E-state index in [-0.39, 0.29) is 5.91 Å². The summed E-state index contributed by atoms with van der Waals surface area (Å²) >= 11 is 0. The second kappa shape index (κ2) is 5.97. The quantitative estimate of drug-likeness (QED) is 0.736. The summed E-state index contributed by atoms with van der Waals surface area (Å²) in [5.41, 5.74) is 4.98. The van der Waals surface area contributed by atoms with Gasteiger partial charge in [0.05, 0.1) is 30.0 Å². The van der Waals surface area contributed by atoms with Crippen molar-refractivity contribution in [3.05, 3.63) is 59.0 Å². The van der Waals surface area contributed by atoms with Gasteiger partial charge in [-0.1, -0.05) is 6.07 Å². The summed E-state index contributed by atoms with van der Waals surface area (Å²) in [7, 11) is 6.01. The van der Waals surface area contributed by atoms with Gasteiger partial charge in [0.2, 0.25) is 0 Å². The molecule has 1 aliphatic rings. The maximum Gasteiger partial charge on any atom is 0.254 e. The predicted octanol–water partition coefficient (Wildman–Crippen LogP) is 2.19. The van der Waals surface area contributed by atoms with E-state index in [1.54, 1.807) is 6.20 Å². The third kappa shape index (κ3) is 2.78. The van der Waals surface area contributed by atoms with Crippen LogP contribution in [0.3, 0.4) is 0 Å². The Labute approximate surface area is 146 Å². The largest absolute Gasteiger partial charge is 0.328 e. The summed E-state index contributed by atoms with van der Waals surface area (Å²) in [5.74, 6) is 0.0535. The molecule has 25 heavy (non-hydrogen) atoms. The van der Waals surface area contributed by atoms with Gasteiger partial charge in [-0.25, -0.2) is 0 Å². The third-order valence-electron chi connectivity index (χ3n) is 4.65. The maximum atomic E-state index is 13.0. The van der Waals surface area contributed by atoms with Crippen molar-refractivity contribution in [2.45, 2.75) is 19.6 Å². The Kier molecular flexibility index (Phi) is 3.77. The van der Waals surface area contributed by atoms with E-state index in [2.05, 4.69) is 15.0 Å². The molecule has 0 spiro atoms. The van der Waals surface area contributed by atoms with Gasteiger partial charge >= 0.3 is 0 Å². The first-order valence-corrected chi connectivity index (χ1v) is 8.35. The molecular formula is C19H21N5O. The maximum absolute atomic E-state index is 13.0. The van der Waals surface area contributed by atoms with Gasteiger partial charge in [-0.3, -0.25) is 14.5 Å². The Hall–Kier alpha value is -2.73. The summed E-state index contributed by atoms with van der Waals surface area (Å²) in [4.78, 5) is 21.3. The van der Waals surface area contributed by atoms with Crippen molar-refractivity contribution in [1.29, 1.82) is 0 Å². The van der Waals surface area contributed by atoms with Crippen LogP contribution in [0.4, 0.5) is 0 Å². The van der Waals surface area contributed by atoms with E-state index < -0.39 is 0 Å². The lowest BCUT2D eigenvalue weighted by molar-refractivity contribution is 0.0748. The molecule has 6 heteroatoms. The smallest absolute Gasteiger partial charge is 0.254 e. The first kappa shape index (κ1) is 15.8. The Morgan fingerprint density at radius 3 is 2.88 bits per heavy atom. The van der Waals surface area contributed by atoms with Gasteiger partial charge in [-0.05, 0) is 38.4 Å². The van der Waals surface area contributed by atoms with Gasteiger partial charge < -0.3 is 9.80 Å². The fraction of sp³-hybridized carbons (Fsp3) is 0.316. The monoisotopic (exact) mass is 335 g/mol. The Bertz CT molecular complexity index is 960. The first-order valence-electron chi connectivity index (χ1n) is 8.35. The highest BCUT2D eigenvalue weighted by atomic mass is 16.2. The van der Waals surface area contributed by atoms with Crippen LogP contribution in [0.1, 0.15) is 27.3 Å². The molecule has 0 saturated carbocycles. The number of hydrogen-bond acceptors (Lipinski definition) is 4. The topological polar surface area (TPSA) is 54.3 Å². The summed E-state index contributed by atoms with van der Waals surface area (Å²) < 4.78 is 1.91. The van der Waals surface area contributed by atoms with Crippen LogP contribution >= 0.6 is 0 Å². The van der Waals surface area contributed by atoms with E-state index in [9.17, 15) is 4.79 Å². The first-order chi connectivity index (χ1) is 12.0. The van der Waals surface area contributed by atoms with Crippen molar-refractivity contribution >= 4 is 16.8 Å². The molecule has 0 unspecified atom stereocenters. The van der Waals surface area contributed by atoms with Gasteiger partial charge in [0, 0.05) is 36.3 Å². The average molecular weight is 335 g/mol. The second-order valence-corrected chi connectivity index (χ2v) is 6.81. The minimum atomic E-state index is 0.0535. The Morgan fingerprint density at radius 1 is 1.24 bits per heavy atom. The van der Waals surface area contributed by atoms with Crippen LogP contribution < -0.4 is 0 Å². The number of amides is 1. The second-order valence-electron chi connectivity index (χ2n) is 6.81. The molecule has 128 valence electrons. The average Bonchev–Trinajstić information content (AvgIpc) is 3.15. The third-order valence-corrected chi connectivity index (χ3v) is 4.65. The van der Waals surface area contributed by atoms with E-state index in [0.29, 0.717) is 18.7 Å². The number of benzene rings is 1. The van der Waals surface area contributed by atoms with Crippen LogP contribution in [-0.4, -0.2) is 44.6 Å². The number of fused-ring (bicyclic) bond motifs is 2. The highest BCUT2D eigenvalue weighted by molar-refractivity contribution is 5.98. The number of carbonyl (C=O) groups is 1. The van der Waals surface area contributed by atoms with Crippen LogP contribution in [-0.2, 0) is 26.7 Å². The lowest BCUT2D eigenvalue weighted by atomic mass is 10.1. The summed E-state index contributed by atoms with van der Waals surface area (Å²) in [6, 6.07) is 9.57. The molecule has 1 amide bonds. The number of nitrogens with zero attached hydrogens (tertiary/aromatic N) is 5. The van der Waals surface area contributed by atoms with Crippen LogP contribution in [0.25, 0.3) is 10.9 Å². The lowest BCUT2D eigenvalue weighted by Crippen LogP contribution is -2.26. The van der Waals surface area contributed by atoms with Gasteiger partial charge in [0.1, 0.15) is 0 Å². The van der Waals surface area contributed by atoms with Crippen LogP contribution in [0.15, 0.2) is 36.5 Å². The van der Waals surface area contributed by atoms with Crippen molar-refractivity contribution in [3.8, 4) is 0 Å². The highest BCUT2D eigenvalue weighted by Crippen LogP contribution is 2.28. The summed E-state index contributed by atoms with van der Waals surface area (Å²) in [6.45, 7) is 2.01. The van der Waals surface area contributed by atoms with Crippen molar-refractivity contribution in [2.75, 3.05) is 14.1 Å². The molecule has 0 N–H and O–H groups in total. The van der Waals surface area contributed by atoms with Gasteiger partial charge in [-0.2, -0.15) is 5.10 Å². The fourth-order valence-corrected chi connectivity index (χ4v) is 3.43. The molecular weight excluding hydrogens is 314 g/mol. The standard InChI is InChI=1S/C19H21N5O/c1-22(2)11-17-15-10-24(12-18(15)23(3)21-17)19(25)14-6-7-16-13(9-14)5-4-8-20-16/h4-9H,10-12H2,1-3H3. The minimum absolute atomic E-state index is 0.0535. The molecule has 1 aliphatic heterocycles. The van der Waals surface area contributed by atoms with E-state index in [1.807, 2.05) is 61.1 Å². The molecule has 1 aromatic carbocycles. The molecule has 3 aromatic rings. The summed E-state index contributed by atoms with van der Waals surface area (Å²) in [5, 5.41) is 5.59. The molecule has 6 nitrogen and oxygen atoms in total. The molecule has 0 saturated heterocycles. The number of pyridine rings is 1. The highest BCUT2D eigenvalue weighted by Gasteiger charge is 2.30. The van der Waals surface area contributed by atoms with Crippen molar-refractivity contribution < 1.29 is 4.79 Å². The molecule has 4 rings (SSSR count). The lowest BCUT2D eigenvalue weighted by Gasteiger charge is -2.17. The molecule has 0 fully saturated rings. The summed E-state index contributed by atoms with van der Waals surface area (Å²) in [6.07, 6.45) is 1.76.